The second kappa shape index (κ2) is 7.38. The van der Waals surface area contributed by atoms with Crippen molar-refractivity contribution in [1.29, 1.82) is 0 Å². The molecule has 1 aromatic heterocycles. The van der Waals surface area contributed by atoms with Crippen molar-refractivity contribution in [1.82, 2.24) is 14.6 Å². The van der Waals surface area contributed by atoms with Crippen LogP contribution in [0.3, 0.4) is 0 Å². The summed E-state index contributed by atoms with van der Waals surface area (Å²) in [7, 11) is -3.38. The van der Waals surface area contributed by atoms with Crippen LogP contribution in [-0.2, 0) is 10.0 Å². The van der Waals surface area contributed by atoms with Crippen molar-refractivity contribution < 1.29 is 8.42 Å². The Kier molecular flexibility index (Phi) is 6.37. The fourth-order valence-corrected chi connectivity index (χ4v) is 3.73. The molecule has 5 nitrogen and oxygen atoms in total. The lowest BCUT2D eigenvalue weighted by Gasteiger charge is -2.26. The third-order valence-electron chi connectivity index (χ3n) is 3.33. The van der Waals surface area contributed by atoms with E-state index >= 15 is 0 Å². The van der Waals surface area contributed by atoms with E-state index in [1.54, 1.807) is 30.6 Å². The maximum absolute atomic E-state index is 12.5. The largest absolute Gasteiger partial charge is 0.314 e. The average Bonchev–Trinajstić information content (AvgIpc) is 2.47. The number of hydrogen-bond donors (Lipinski definition) is 1. The number of nitrogens with one attached hydrogen (secondary N) is 1. The van der Waals surface area contributed by atoms with Crippen LogP contribution >= 0.6 is 24.8 Å². The fraction of sp³-hybridized carbons (Fsp3) is 0.308. The Morgan fingerprint density at radius 2 is 1.76 bits per heavy atom. The summed E-state index contributed by atoms with van der Waals surface area (Å²) in [5.74, 6) is 0. The van der Waals surface area contributed by atoms with Gasteiger partial charge in [0.1, 0.15) is 0 Å². The summed E-state index contributed by atoms with van der Waals surface area (Å²) in [5, 5.41) is 4.99. The SMILES string of the molecule is Cl.Cl.O=S(=O)(c1ccc2cnccc2c1)N1CCNCC1. The number of benzene rings is 1. The van der Waals surface area contributed by atoms with Gasteiger partial charge < -0.3 is 5.32 Å². The predicted molar refractivity (Wildman–Crippen MR) is 87.9 cm³/mol. The van der Waals surface area contributed by atoms with Gasteiger partial charge in [-0.15, -0.1) is 24.8 Å². The summed E-state index contributed by atoms with van der Waals surface area (Å²) >= 11 is 0. The molecule has 2 aromatic rings. The van der Waals surface area contributed by atoms with Crippen molar-refractivity contribution in [3.8, 4) is 0 Å². The first kappa shape index (κ1) is 18.1. The summed E-state index contributed by atoms with van der Waals surface area (Å²) < 4.78 is 26.6. The molecule has 0 spiro atoms. The van der Waals surface area contributed by atoms with Crippen molar-refractivity contribution in [2.75, 3.05) is 26.2 Å². The number of fused-ring (bicyclic) bond motifs is 1. The molecule has 0 amide bonds. The fourth-order valence-electron chi connectivity index (χ4n) is 2.26. The molecule has 0 atom stereocenters. The Bertz CT molecular complexity index is 703. The quantitative estimate of drug-likeness (QED) is 0.895. The van der Waals surface area contributed by atoms with Gasteiger partial charge in [-0.05, 0) is 23.6 Å². The van der Waals surface area contributed by atoms with Gasteiger partial charge in [-0.1, -0.05) is 6.07 Å². The highest BCUT2D eigenvalue weighted by atomic mass is 35.5. The van der Waals surface area contributed by atoms with Gasteiger partial charge in [-0.25, -0.2) is 8.42 Å². The van der Waals surface area contributed by atoms with Gasteiger partial charge in [-0.2, -0.15) is 4.31 Å². The zero-order valence-corrected chi connectivity index (χ0v) is 13.7. The van der Waals surface area contributed by atoms with E-state index in [0.717, 1.165) is 10.8 Å². The number of rotatable bonds is 2. The van der Waals surface area contributed by atoms with Crippen LogP contribution in [0.15, 0.2) is 41.6 Å². The van der Waals surface area contributed by atoms with Crippen molar-refractivity contribution in [2.24, 2.45) is 0 Å². The van der Waals surface area contributed by atoms with Crippen LogP contribution in [-0.4, -0.2) is 43.9 Å². The summed E-state index contributed by atoms with van der Waals surface area (Å²) in [4.78, 5) is 4.38. The number of nitrogens with zero attached hydrogens (tertiary/aromatic N) is 2. The van der Waals surface area contributed by atoms with Gasteiger partial charge in [-0.3, -0.25) is 4.98 Å². The minimum atomic E-state index is -3.38. The molecule has 3 rings (SSSR count). The molecule has 1 fully saturated rings. The topological polar surface area (TPSA) is 62.3 Å². The van der Waals surface area contributed by atoms with Crippen LogP contribution in [0.25, 0.3) is 10.8 Å². The molecular weight excluding hydrogens is 333 g/mol. The second-order valence-corrected chi connectivity index (χ2v) is 6.48. The minimum Gasteiger partial charge on any atom is -0.314 e. The Morgan fingerprint density at radius 1 is 1.05 bits per heavy atom. The molecule has 1 aromatic carbocycles. The number of halogens is 2. The lowest BCUT2D eigenvalue weighted by molar-refractivity contribution is 0.360. The predicted octanol–water partition coefficient (Wildman–Crippen LogP) is 1.67. The Balaban J connectivity index is 0.00000110. The van der Waals surface area contributed by atoms with Gasteiger partial charge >= 0.3 is 0 Å². The van der Waals surface area contributed by atoms with Crippen LogP contribution in [0, 0.1) is 0 Å². The van der Waals surface area contributed by atoms with Crippen molar-refractivity contribution in [3.63, 3.8) is 0 Å². The van der Waals surface area contributed by atoms with Gasteiger partial charge in [0.05, 0.1) is 4.90 Å². The summed E-state index contributed by atoms with van der Waals surface area (Å²) in [5.41, 5.74) is 0. The molecule has 1 aliphatic heterocycles. The Morgan fingerprint density at radius 3 is 2.48 bits per heavy atom. The second-order valence-electron chi connectivity index (χ2n) is 4.54. The van der Waals surface area contributed by atoms with Crippen LogP contribution < -0.4 is 5.32 Å². The number of hydrogen-bond acceptors (Lipinski definition) is 4. The van der Waals surface area contributed by atoms with E-state index in [1.807, 2.05) is 6.07 Å². The molecular formula is C13H17Cl2N3O2S. The Labute approximate surface area is 136 Å². The smallest absolute Gasteiger partial charge is 0.243 e. The van der Waals surface area contributed by atoms with E-state index in [1.165, 1.54) is 4.31 Å². The molecule has 2 heterocycles. The molecule has 0 bridgehead atoms. The molecule has 21 heavy (non-hydrogen) atoms. The molecule has 0 saturated carbocycles. The van der Waals surface area contributed by atoms with Gasteiger partial charge in [0.15, 0.2) is 0 Å². The van der Waals surface area contributed by atoms with E-state index in [2.05, 4.69) is 10.3 Å². The Hall–Kier alpha value is -0.920. The standard InChI is InChI=1S/C13H15N3O2S.2ClH/c17-19(18,16-7-5-14-6-8-16)13-2-1-12-10-15-4-3-11(12)9-13;;/h1-4,9-10,14H,5-8H2;2*1H. The van der Waals surface area contributed by atoms with Gasteiger partial charge in [0, 0.05) is 44.0 Å². The number of sulfonamides is 1. The van der Waals surface area contributed by atoms with E-state index in [0.29, 0.717) is 31.1 Å². The molecule has 116 valence electrons. The average molecular weight is 350 g/mol. The first-order chi connectivity index (χ1) is 9.18. The van der Waals surface area contributed by atoms with E-state index < -0.39 is 10.0 Å². The van der Waals surface area contributed by atoms with E-state index in [9.17, 15) is 8.42 Å². The first-order valence-electron chi connectivity index (χ1n) is 6.22. The number of pyridine rings is 1. The lowest BCUT2D eigenvalue weighted by Crippen LogP contribution is -2.46. The monoisotopic (exact) mass is 349 g/mol. The van der Waals surface area contributed by atoms with E-state index in [-0.39, 0.29) is 24.8 Å². The zero-order valence-electron chi connectivity index (χ0n) is 11.2. The molecule has 1 aliphatic rings. The minimum absolute atomic E-state index is 0. The molecule has 0 radical (unpaired) electrons. The molecule has 1 N–H and O–H groups in total. The summed E-state index contributed by atoms with van der Waals surface area (Å²) in [6.07, 6.45) is 3.40. The molecule has 1 saturated heterocycles. The molecule has 0 unspecified atom stereocenters. The van der Waals surface area contributed by atoms with E-state index in [4.69, 9.17) is 0 Å². The maximum atomic E-state index is 12.5. The highest BCUT2D eigenvalue weighted by Gasteiger charge is 2.25. The zero-order chi connectivity index (χ0) is 13.3. The third kappa shape index (κ3) is 3.64. The molecule has 8 heteroatoms. The highest BCUT2D eigenvalue weighted by molar-refractivity contribution is 7.89. The van der Waals surface area contributed by atoms with Crippen LogP contribution in [0.1, 0.15) is 0 Å². The molecule has 0 aliphatic carbocycles. The van der Waals surface area contributed by atoms with Crippen LogP contribution in [0.5, 0.6) is 0 Å². The highest BCUT2D eigenvalue weighted by Crippen LogP contribution is 2.21. The summed E-state index contributed by atoms with van der Waals surface area (Å²) in [6.45, 7) is 2.46. The maximum Gasteiger partial charge on any atom is 0.243 e. The van der Waals surface area contributed by atoms with Crippen LogP contribution in [0.2, 0.25) is 0 Å². The van der Waals surface area contributed by atoms with Crippen LogP contribution in [0.4, 0.5) is 0 Å². The van der Waals surface area contributed by atoms with Gasteiger partial charge in [0.2, 0.25) is 10.0 Å². The number of piperazine rings is 1. The third-order valence-corrected chi connectivity index (χ3v) is 5.22. The van der Waals surface area contributed by atoms with Gasteiger partial charge in [0.25, 0.3) is 0 Å². The lowest BCUT2D eigenvalue weighted by atomic mass is 10.2. The van der Waals surface area contributed by atoms with Crippen molar-refractivity contribution in [2.45, 2.75) is 4.90 Å². The van der Waals surface area contributed by atoms with Crippen molar-refractivity contribution >= 4 is 45.6 Å². The first-order valence-corrected chi connectivity index (χ1v) is 7.66. The van der Waals surface area contributed by atoms with Crippen molar-refractivity contribution in [3.05, 3.63) is 36.7 Å². The number of aromatic nitrogens is 1. The normalized spacial score (nSPS) is 16.0. The summed E-state index contributed by atoms with van der Waals surface area (Å²) in [6, 6.07) is 7.00.